The van der Waals surface area contributed by atoms with E-state index in [9.17, 15) is 9.59 Å². The van der Waals surface area contributed by atoms with E-state index in [1.165, 1.54) is 0 Å². The molecule has 25 heavy (non-hydrogen) atoms. The number of ether oxygens (including phenoxy) is 2. The Morgan fingerprint density at radius 3 is 1.52 bits per heavy atom. The van der Waals surface area contributed by atoms with Crippen molar-refractivity contribution in [1.29, 1.82) is 0 Å². The molecule has 0 aromatic heterocycles. The number of rotatable bonds is 6. The van der Waals surface area contributed by atoms with Gasteiger partial charge in [0.25, 0.3) is 5.79 Å². The predicted molar refractivity (Wildman–Crippen MR) is 97.6 cm³/mol. The third-order valence-corrected chi connectivity index (χ3v) is 4.39. The second-order valence-corrected chi connectivity index (χ2v) is 7.67. The lowest BCUT2D eigenvalue weighted by Crippen LogP contribution is -2.41. The average Bonchev–Trinajstić information content (AvgIpc) is 2.85. The third-order valence-electron chi connectivity index (χ3n) is 4.39. The first kappa shape index (κ1) is 17.5. The molecule has 132 valence electrons. The monoisotopic (exact) mass is 340 g/mol. The van der Waals surface area contributed by atoms with Crippen LogP contribution < -0.4 is 9.47 Å². The van der Waals surface area contributed by atoms with Crippen molar-refractivity contribution in [2.45, 2.75) is 46.3 Å². The number of carbonyl (C=O) groups excluding carboxylic acids is 2. The van der Waals surface area contributed by atoms with Crippen LogP contribution >= 0.6 is 0 Å². The van der Waals surface area contributed by atoms with Crippen molar-refractivity contribution in [1.82, 2.24) is 0 Å². The van der Waals surface area contributed by atoms with Crippen LogP contribution in [-0.2, 0) is 0 Å². The van der Waals surface area contributed by atoms with E-state index in [0.29, 0.717) is 47.0 Å². The minimum absolute atomic E-state index is 0.386. The SMILES string of the molecule is CC(C)CC1(CC(C)C)Oc2cc3cc(C=O)c(C=O)cc3cc2O1. The molecule has 0 N–H and O–H groups in total. The number of carbonyl (C=O) groups is 2. The van der Waals surface area contributed by atoms with Gasteiger partial charge in [-0.3, -0.25) is 9.59 Å². The Kier molecular flexibility index (Phi) is 4.55. The normalized spacial score (nSPS) is 15.1. The summed E-state index contributed by atoms with van der Waals surface area (Å²) in [5.41, 5.74) is 0.772. The van der Waals surface area contributed by atoms with Crippen LogP contribution in [0.15, 0.2) is 24.3 Å². The fraction of sp³-hybridized carbons (Fsp3) is 0.429. The molecular weight excluding hydrogens is 316 g/mol. The van der Waals surface area contributed by atoms with Crippen molar-refractivity contribution in [2.24, 2.45) is 11.8 Å². The van der Waals surface area contributed by atoms with Gasteiger partial charge >= 0.3 is 0 Å². The van der Waals surface area contributed by atoms with Crippen LogP contribution in [-0.4, -0.2) is 18.4 Å². The van der Waals surface area contributed by atoms with Crippen molar-refractivity contribution in [2.75, 3.05) is 0 Å². The van der Waals surface area contributed by atoms with Crippen LogP contribution in [0.5, 0.6) is 11.5 Å². The summed E-state index contributed by atoms with van der Waals surface area (Å²) in [5, 5.41) is 1.72. The van der Waals surface area contributed by atoms with Gasteiger partial charge in [0.05, 0.1) is 0 Å². The van der Waals surface area contributed by atoms with Gasteiger partial charge in [-0.1, -0.05) is 27.7 Å². The molecule has 0 saturated carbocycles. The van der Waals surface area contributed by atoms with Crippen molar-refractivity contribution >= 4 is 23.3 Å². The highest BCUT2D eigenvalue weighted by Gasteiger charge is 2.42. The Morgan fingerprint density at radius 2 is 1.20 bits per heavy atom. The van der Waals surface area contributed by atoms with Crippen molar-refractivity contribution in [3.63, 3.8) is 0 Å². The molecule has 0 saturated heterocycles. The summed E-state index contributed by atoms with van der Waals surface area (Å²) in [6.07, 6.45) is 3.01. The van der Waals surface area contributed by atoms with E-state index in [4.69, 9.17) is 9.47 Å². The van der Waals surface area contributed by atoms with Gasteiger partial charge in [0.15, 0.2) is 24.1 Å². The molecule has 0 aliphatic carbocycles. The molecule has 1 heterocycles. The highest BCUT2D eigenvalue weighted by atomic mass is 16.7. The van der Waals surface area contributed by atoms with Gasteiger partial charge in [0, 0.05) is 24.0 Å². The largest absolute Gasteiger partial charge is 0.448 e. The standard InChI is InChI=1S/C21H24O4/c1-13(2)9-21(10-14(3)4)24-19-7-15-5-17(11-22)18(12-23)6-16(15)8-20(19)25-21/h5-8,11-14H,9-10H2,1-4H3. The second kappa shape index (κ2) is 6.51. The fourth-order valence-corrected chi connectivity index (χ4v) is 3.62. The van der Waals surface area contributed by atoms with Gasteiger partial charge in [-0.05, 0) is 46.9 Å². The van der Waals surface area contributed by atoms with E-state index in [2.05, 4.69) is 27.7 Å². The van der Waals surface area contributed by atoms with Crippen LogP contribution in [0.1, 0.15) is 61.3 Å². The molecule has 2 aromatic rings. The lowest BCUT2D eigenvalue weighted by atomic mass is 9.94. The third kappa shape index (κ3) is 3.39. The smallest absolute Gasteiger partial charge is 0.252 e. The first-order valence-electron chi connectivity index (χ1n) is 8.76. The van der Waals surface area contributed by atoms with Gasteiger partial charge in [0.2, 0.25) is 0 Å². The fourth-order valence-electron chi connectivity index (χ4n) is 3.62. The van der Waals surface area contributed by atoms with E-state index < -0.39 is 5.79 Å². The molecule has 3 rings (SSSR count). The summed E-state index contributed by atoms with van der Waals surface area (Å²) in [6.45, 7) is 8.62. The molecule has 0 spiro atoms. The van der Waals surface area contributed by atoms with Crippen LogP contribution in [0.2, 0.25) is 0 Å². The summed E-state index contributed by atoms with van der Waals surface area (Å²) in [7, 11) is 0. The quantitative estimate of drug-likeness (QED) is 0.693. The molecule has 0 fully saturated rings. The molecule has 0 amide bonds. The topological polar surface area (TPSA) is 52.6 Å². The number of hydrogen-bond donors (Lipinski definition) is 0. The van der Waals surface area contributed by atoms with Gasteiger partial charge < -0.3 is 9.47 Å². The van der Waals surface area contributed by atoms with Gasteiger partial charge in [-0.25, -0.2) is 0 Å². The predicted octanol–water partition coefficient (Wildman–Crippen LogP) is 5.02. The molecule has 1 aliphatic heterocycles. The minimum Gasteiger partial charge on any atom is -0.448 e. The first-order chi connectivity index (χ1) is 11.9. The summed E-state index contributed by atoms with van der Waals surface area (Å²) in [5.74, 6) is 1.62. The number of aldehydes is 2. The van der Waals surface area contributed by atoms with Crippen LogP contribution in [0.3, 0.4) is 0 Å². The van der Waals surface area contributed by atoms with E-state index in [0.717, 1.165) is 23.6 Å². The lowest BCUT2D eigenvalue weighted by molar-refractivity contribution is -0.108. The van der Waals surface area contributed by atoms with Gasteiger partial charge in [-0.15, -0.1) is 0 Å². The molecule has 0 bridgehead atoms. The summed E-state index contributed by atoms with van der Waals surface area (Å²) in [6, 6.07) is 7.24. The van der Waals surface area contributed by atoms with E-state index in [1.54, 1.807) is 12.1 Å². The molecule has 2 aromatic carbocycles. The number of hydrogen-bond acceptors (Lipinski definition) is 4. The molecule has 4 nitrogen and oxygen atoms in total. The van der Waals surface area contributed by atoms with Gasteiger partial charge in [-0.2, -0.15) is 0 Å². The zero-order valence-corrected chi connectivity index (χ0v) is 15.2. The highest BCUT2D eigenvalue weighted by Crippen LogP contribution is 2.46. The summed E-state index contributed by atoms with van der Waals surface area (Å²) in [4.78, 5) is 22.4. The van der Waals surface area contributed by atoms with E-state index in [1.807, 2.05) is 12.1 Å². The minimum atomic E-state index is -0.650. The Hall–Kier alpha value is -2.36. The van der Waals surface area contributed by atoms with Crippen LogP contribution in [0.25, 0.3) is 10.8 Å². The molecule has 1 aliphatic rings. The van der Waals surface area contributed by atoms with Crippen molar-refractivity contribution < 1.29 is 19.1 Å². The van der Waals surface area contributed by atoms with Crippen molar-refractivity contribution in [3.8, 4) is 11.5 Å². The Balaban J connectivity index is 2.06. The molecule has 0 radical (unpaired) electrons. The maximum absolute atomic E-state index is 11.2. The second-order valence-electron chi connectivity index (χ2n) is 7.67. The molecular formula is C21H24O4. The summed E-state index contributed by atoms with van der Waals surface area (Å²) >= 11 is 0. The van der Waals surface area contributed by atoms with Gasteiger partial charge in [0.1, 0.15) is 0 Å². The number of fused-ring (bicyclic) bond motifs is 2. The Morgan fingerprint density at radius 1 is 0.800 bits per heavy atom. The Labute approximate surface area is 148 Å². The number of benzene rings is 2. The van der Waals surface area contributed by atoms with E-state index >= 15 is 0 Å². The molecule has 0 unspecified atom stereocenters. The highest BCUT2D eigenvalue weighted by molar-refractivity contribution is 5.99. The lowest BCUT2D eigenvalue weighted by Gasteiger charge is -2.31. The van der Waals surface area contributed by atoms with Crippen LogP contribution in [0.4, 0.5) is 0 Å². The van der Waals surface area contributed by atoms with Crippen molar-refractivity contribution in [3.05, 3.63) is 35.4 Å². The zero-order chi connectivity index (χ0) is 18.2. The zero-order valence-electron chi connectivity index (χ0n) is 15.2. The molecule has 4 heteroatoms. The summed E-state index contributed by atoms with van der Waals surface area (Å²) < 4.78 is 12.5. The maximum atomic E-state index is 11.2. The average molecular weight is 340 g/mol. The maximum Gasteiger partial charge on any atom is 0.252 e. The molecule has 0 atom stereocenters. The van der Waals surface area contributed by atoms with E-state index in [-0.39, 0.29) is 0 Å². The first-order valence-corrected chi connectivity index (χ1v) is 8.76. The Bertz CT molecular complexity index is 752. The van der Waals surface area contributed by atoms with Crippen LogP contribution in [0, 0.1) is 11.8 Å².